The van der Waals surface area contributed by atoms with E-state index in [-0.39, 0.29) is 44.6 Å². The highest BCUT2D eigenvalue weighted by Gasteiger charge is 2.21. The molecular weight excluding hydrogens is 463 g/mol. The van der Waals surface area contributed by atoms with Gasteiger partial charge in [-0.1, -0.05) is 29.3 Å². The highest BCUT2D eigenvalue weighted by Crippen LogP contribution is 2.31. The first kappa shape index (κ1) is 21.4. The van der Waals surface area contributed by atoms with Crippen LogP contribution in [0.2, 0.25) is 10.0 Å². The highest BCUT2D eigenvalue weighted by atomic mass is 35.5. The summed E-state index contributed by atoms with van der Waals surface area (Å²) in [6.45, 7) is 0. The number of aromatic nitrogens is 2. The number of pyridine rings is 1. The van der Waals surface area contributed by atoms with Gasteiger partial charge in [0.15, 0.2) is 9.84 Å². The van der Waals surface area contributed by atoms with Gasteiger partial charge in [0.1, 0.15) is 5.52 Å². The van der Waals surface area contributed by atoms with Crippen LogP contribution in [0, 0.1) is 0 Å². The molecule has 0 saturated carbocycles. The van der Waals surface area contributed by atoms with Crippen LogP contribution in [0.1, 0.15) is 17.5 Å². The van der Waals surface area contributed by atoms with Crippen LogP contribution >= 0.6 is 23.2 Å². The molecule has 0 unspecified atom stereocenters. The molecule has 0 atom stereocenters. The standard InChI is InChI=1S/C21H16Cl2N2O5S/c22-15-2-1-3-16(23)14(15)10-31(29,30)12-5-6-17-13(8-12)19-11(4-7-18(26)27)9-24-20(19)21(28)25-17/h1-3,5-6,8-9,24H,4,7,10H2,(H,25,28)(H,26,27). The minimum atomic E-state index is -3.82. The third-order valence-electron chi connectivity index (χ3n) is 5.06. The first-order chi connectivity index (χ1) is 14.7. The lowest BCUT2D eigenvalue weighted by Crippen LogP contribution is -2.09. The van der Waals surface area contributed by atoms with E-state index in [0.29, 0.717) is 27.4 Å². The van der Waals surface area contributed by atoms with Gasteiger partial charge in [0.05, 0.1) is 10.6 Å². The zero-order chi connectivity index (χ0) is 22.3. The summed E-state index contributed by atoms with van der Waals surface area (Å²) >= 11 is 12.3. The highest BCUT2D eigenvalue weighted by molar-refractivity contribution is 7.90. The number of rotatable bonds is 6. The maximum absolute atomic E-state index is 13.1. The summed E-state index contributed by atoms with van der Waals surface area (Å²) in [5, 5.41) is 10.5. The predicted molar refractivity (Wildman–Crippen MR) is 120 cm³/mol. The van der Waals surface area contributed by atoms with Crippen molar-refractivity contribution in [3.8, 4) is 0 Å². The Kier molecular flexibility index (Phi) is 5.55. The van der Waals surface area contributed by atoms with Crippen LogP contribution in [0.25, 0.3) is 21.8 Å². The second-order valence-corrected chi connectivity index (χ2v) is 9.88. The third kappa shape index (κ3) is 4.06. The molecule has 2 aromatic carbocycles. The van der Waals surface area contributed by atoms with Crippen molar-refractivity contribution in [2.24, 2.45) is 0 Å². The zero-order valence-corrected chi connectivity index (χ0v) is 18.2. The van der Waals surface area contributed by atoms with E-state index >= 15 is 0 Å². The molecule has 7 nitrogen and oxygen atoms in total. The lowest BCUT2D eigenvalue weighted by molar-refractivity contribution is -0.136. The number of hydrogen-bond acceptors (Lipinski definition) is 4. The molecule has 4 rings (SSSR count). The van der Waals surface area contributed by atoms with Crippen LogP contribution in [0.3, 0.4) is 0 Å². The van der Waals surface area contributed by atoms with Gasteiger partial charge >= 0.3 is 5.97 Å². The summed E-state index contributed by atoms with van der Waals surface area (Å²) in [6.07, 6.45) is 1.65. The van der Waals surface area contributed by atoms with Gasteiger partial charge in [0.2, 0.25) is 0 Å². The summed E-state index contributed by atoms with van der Waals surface area (Å²) in [4.78, 5) is 29.0. The fourth-order valence-corrected chi connectivity index (χ4v) is 5.67. The van der Waals surface area contributed by atoms with Crippen molar-refractivity contribution >= 4 is 60.8 Å². The molecular formula is C21H16Cl2N2O5S. The molecule has 2 heterocycles. The van der Waals surface area contributed by atoms with Crippen LogP contribution in [0.5, 0.6) is 0 Å². The van der Waals surface area contributed by atoms with Crippen molar-refractivity contribution in [3.05, 3.63) is 74.1 Å². The Morgan fingerprint density at radius 1 is 1.10 bits per heavy atom. The van der Waals surface area contributed by atoms with Gasteiger partial charge < -0.3 is 15.1 Å². The Hall–Kier alpha value is -2.81. The van der Waals surface area contributed by atoms with Gasteiger partial charge in [-0.15, -0.1) is 0 Å². The molecule has 4 aromatic rings. The van der Waals surface area contributed by atoms with E-state index in [4.69, 9.17) is 28.3 Å². The molecule has 0 saturated heterocycles. The average molecular weight is 479 g/mol. The summed E-state index contributed by atoms with van der Waals surface area (Å²) in [5.41, 5.74) is 1.26. The fourth-order valence-electron chi connectivity index (χ4n) is 3.55. The van der Waals surface area contributed by atoms with Gasteiger partial charge in [-0.3, -0.25) is 9.59 Å². The van der Waals surface area contributed by atoms with Crippen molar-refractivity contribution in [3.63, 3.8) is 0 Å². The van der Waals surface area contributed by atoms with Crippen LogP contribution in [0.4, 0.5) is 0 Å². The van der Waals surface area contributed by atoms with Crippen LogP contribution < -0.4 is 5.56 Å². The SMILES string of the molecule is O=C(O)CCc1c[nH]c2c(=O)[nH]c3ccc(S(=O)(=O)Cc4c(Cl)cccc4Cl)cc3c12. The Morgan fingerprint density at radius 2 is 1.81 bits per heavy atom. The lowest BCUT2D eigenvalue weighted by atomic mass is 10.0. The number of carboxylic acids is 1. The number of hydrogen-bond donors (Lipinski definition) is 3. The number of aryl methyl sites for hydroxylation is 1. The Labute approximate surface area is 186 Å². The summed E-state index contributed by atoms with van der Waals surface area (Å²) in [7, 11) is -3.82. The molecule has 0 amide bonds. The molecule has 10 heteroatoms. The average Bonchev–Trinajstić information content (AvgIpc) is 3.14. The normalized spacial score (nSPS) is 11.9. The Bertz CT molecular complexity index is 1490. The number of carbonyl (C=O) groups is 1. The van der Waals surface area contributed by atoms with E-state index in [9.17, 15) is 18.0 Å². The number of halogens is 2. The second-order valence-electron chi connectivity index (χ2n) is 7.08. The smallest absolute Gasteiger partial charge is 0.303 e. The van der Waals surface area contributed by atoms with Gasteiger partial charge in [-0.25, -0.2) is 8.42 Å². The second kappa shape index (κ2) is 8.03. The molecule has 0 aliphatic rings. The maximum Gasteiger partial charge on any atom is 0.303 e. The number of aromatic amines is 2. The first-order valence-corrected chi connectivity index (χ1v) is 11.6. The van der Waals surface area contributed by atoms with Gasteiger partial charge in [0.25, 0.3) is 5.56 Å². The number of aliphatic carboxylic acids is 1. The van der Waals surface area contributed by atoms with E-state index in [1.165, 1.54) is 18.2 Å². The number of nitrogens with one attached hydrogen (secondary N) is 2. The van der Waals surface area contributed by atoms with E-state index in [0.717, 1.165) is 0 Å². The number of carboxylic acid groups (broad SMARTS) is 1. The van der Waals surface area contributed by atoms with E-state index in [1.54, 1.807) is 24.4 Å². The topological polar surface area (TPSA) is 120 Å². The lowest BCUT2D eigenvalue weighted by Gasteiger charge is -2.10. The molecule has 160 valence electrons. The molecule has 2 aromatic heterocycles. The number of fused-ring (bicyclic) bond motifs is 3. The van der Waals surface area contributed by atoms with Crippen LogP contribution in [-0.2, 0) is 26.8 Å². The molecule has 0 spiro atoms. The van der Waals surface area contributed by atoms with E-state index < -0.39 is 15.8 Å². The summed E-state index contributed by atoms with van der Waals surface area (Å²) in [6, 6.07) is 9.18. The Balaban J connectivity index is 1.87. The molecule has 31 heavy (non-hydrogen) atoms. The quantitative estimate of drug-likeness (QED) is 0.381. The van der Waals surface area contributed by atoms with Crippen molar-refractivity contribution < 1.29 is 18.3 Å². The number of sulfone groups is 1. The van der Waals surface area contributed by atoms with Gasteiger partial charge in [-0.05, 0) is 42.3 Å². The van der Waals surface area contributed by atoms with Gasteiger partial charge in [-0.2, -0.15) is 0 Å². The van der Waals surface area contributed by atoms with E-state index in [1.807, 2.05) is 0 Å². The largest absolute Gasteiger partial charge is 0.481 e. The van der Waals surface area contributed by atoms with Crippen molar-refractivity contribution in [1.82, 2.24) is 9.97 Å². The Morgan fingerprint density at radius 3 is 2.48 bits per heavy atom. The first-order valence-electron chi connectivity index (χ1n) is 9.21. The zero-order valence-electron chi connectivity index (χ0n) is 15.9. The van der Waals surface area contributed by atoms with Crippen molar-refractivity contribution in [2.45, 2.75) is 23.5 Å². The summed E-state index contributed by atoms with van der Waals surface area (Å²) < 4.78 is 26.2. The van der Waals surface area contributed by atoms with Crippen LogP contribution in [0.15, 0.2) is 52.3 Å². The molecule has 0 bridgehead atoms. The van der Waals surface area contributed by atoms with Crippen molar-refractivity contribution in [2.75, 3.05) is 0 Å². The minimum absolute atomic E-state index is 0.0368. The van der Waals surface area contributed by atoms with Gasteiger partial charge in [0, 0.05) is 44.5 Å². The minimum Gasteiger partial charge on any atom is -0.481 e. The predicted octanol–water partition coefficient (Wildman–Crippen LogP) is 4.31. The van der Waals surface area contributed by atoms with Crippen LogP contribution in [-0.4, -0.2) is 29.5 Å². The van der Waals surface area contributed by atoms with E-state index in [2.05, 4.69) is 9.97 Å². The number of H-pyrrole nitrogens is 2. The third-order valence-corrected chi connectivity index (χ3v) is 7.41. The van der Waals surface area contributed by atoms with Crippen molar-refractivity contribution in [1.29, 1.82) is 0 Å². The molecule has 0 aliphatic heterocycles. The molecule has 3 N–H and O–H groups in total. The maximum atomic E-state index is 13.1. The molecule has 0 radical (unpaired) electrons. The number of benzene rings is 2. The summed E-state index contributed by atoms with van der Waals surface area (Å²) in [5.74, 6) is -1.36. The molecule has 0 fully saturated rings. The fraction of sp³-hybridized carbons (Fsp3) is 0.143. The monoisotopic (exact) mass is 478 g/mol. The molecule has 0 aliphatic carbocycles.